The van der Waals surface area contributed by atoms with Gasteiger partial charge in [-0.15, -0.1) is 0 Å². The van der Waals surface area contributed by atoms with E-state index in [4.69, 9.17) is 4.74 Å². The third-order valence-electron chi connectivity index (χ3n) is 5.45. The van der Waals surface area contributed by atoms with E-state index in [2.05, 4.69) is 25.7 Å². The van der Waals surface area contributed by atoms with Crippen LogP contribution in [-0.2, 0) is 11.8 Å². The van der Waals surface area contributed by atoms with Gasteiger partial charge in [0.25, 0.3) is 0 Å². The third kappa shape index (κ3) is 4.20. The van der Waals surface area contributed by atoms with Gasteiger partial charge in [0.2, 0.25) is 5.95 Å². The van der Waals surface area contributed by atoms with Crippen molar-refractivity contribution in [2.75, 3.05) is 5.32 Å². The summed E-state index contributed by atoms with van der Waals surface area (Å²) in [5, 5.41) is 10.4. The van der Waals surface area contributed by atoms with Crippen molar-refractivity contribution in [3.05, 3.63) is 29.7 Å². The molecule has 0 aliphatic heterocycles. The number of ether oxygens (including phenoxy) is 1. The van der Waals surface area contributed by atoms with Crippen LogP contribution in [0.1, 0.15) is 56.2 Å². The van der Waals surface area contributed by atoms with E-state index in [1.807, 2.05) is 39.4 Å². The summed E-state index contributed by atoms with van der Waals surface area (Å²) in [7, 11) is 1.88. The Morgan fingerprint density at radius 1 is 1.30 bits per heavy atom. The zero-order valence-electron chi connectivity index (χ0n) is 16.0. The van der Waals surface area contributed by atoms with Crippen molar-refractivity contribution in [1.82, 2.24) is 25.1 Å². The minimum absolute atomic E-state index is 0.0347. The summed E-state index contributed by atoms with van der Waals surface area (Å²) in [4.78, 5) is 20.8. The van der Waals surface area contributed by atoms with Crippen molar-refractivity contribution in [3.63, 3.8) is 0 Å². The molecule has 0 bridgehead atoms. The zero-order valence-corrected chi connectivity index (χ0v) is 16.0. The summed E-state index contributed by atoms with van der Waals surface area (Å²) in [6.45, 7) is 3.99. The zero-order chi connectivity index (χ0) is 19.0. The van der Waals surface area contributed by atoms with Crippen LogP contribution in [0.15, 0.2) is 18.5 Å². The molecule has 0 aromatic carbocycles. The number of anilines is 2. The lowest BCUT2D eigenvalue weighted by Crippen LogP contribution is -2.36. The van der Waals surface area contributed by atoms with Gasteiger partial charge in [0, 0.05) is 31.0 Å². The number of aryl methyl sites for hydroxylation is 2. The molecule has 8 heteroatoms. The molecule has 144 valence electrons. The summed E-state index contributed by atoms with van der Waals surface area (Å²) in [6.07, 6.45) is 8.14. The summed E-state index contributed by atoms with van der Waals surface area (Å²) in [6, 6.07) is 1.95. The number of carbonyl (C=O) groups excluding carboxylic acids is 1. The van der Waals surface area contributed by atoms with Gasteiger partial charge in [-0.2, -0.15) is 5.10 Å². The van der Waals surface area contributed by atoms with Gasteiger partial charge in [0.1, 0.15) is 11.9 Å². The van der Waals surface area contributed by atoms with Gasteiger partial charge in [-0.1, -0.05) is 0 Å². The lowest BCUT2D eigenvalue weighted by Gasteiger charge is -2.16. The Morgan fingerprint density at radius 2 is 2.04 bits per heavy atom. The Morgan fingerprint density at radius 3 is 2.67 bits per heavy atom. The van der Waals surface area contributed by atoms with E-state index in [0.717, 1.165) is 49.2 Å². The van der Waals surface area contributed by atoms with Crippen LogP contribution >= 0.6 is 0 Å². The third-order valence-corrected chi connectivity index (χ3v) is 5.45. The van der Waals surface area contributed by atoms with Crippen LogP contribution in [0.4, 0.5) is 16.6 Å². The molecule has 0 saturated heterocycles. The number of amides is 1. The second-order valence-corrected chi connectivity index (χ2v) is 7.98. The molecule has 0 unspecified atom stereocenters. The monoisotopic (exact) mass is 370 g/mol. The predicted molar refractivity (Wildman–Crippen MR) is 101 cm³/mol. The first-order valence-corrected chi connectivity index (χ1v) is 9.49. The minimum atomic E-state index is -0.289. The summed E-state index contributed by atoms with van der Waals surface area (Å²) in [5.74, 6) is 1.72. The molecule has 0 radical (unpaired) electrons. The molecule has 2 saturated carbocycles. The van der Waals surface area contributed by atoms with E-state index < -0.39 is 0 Å². The lowest BCUT2D eigenvalue weighted by molar-refractivity contribution is 0.0967. The number of rotatable bonds is 5. The highest BCUT2D eigenvalue weighted by Gasteiger charge is 2.40. The summed E-state index contributed by atoms with van der Waals surface area (Å²) >= 11 is 0. The van der Waals surface area contributed by atoms with Gasteiger partial charge in [-0.3, -0.25) is 4.68 Å². The van der Waals surface area contributed by atoms with Crippen LogP contribution in [-0.4, -0.2) is 37.5 Å². The van der Waals surface area contributed by atoms with Crippen molar-refractivity contribution in [2.45, 2.75) is 63.5 Å². The average Bonchev–Trinajstić information content (AvgIpc) is 3.01. The first-order valence-electron chi connectivity index (χ1n) is 9.49. The number of nitrogens with one attached hydrogen (secondary N) is 2. The number of aromatic nitrogens is 4. The van der Waals surface area contributed by atoms with E-state index in [-0.39, 0.29) is 17.7 Å². The summed E-state index contributed by atoms with van der Waals surface area (Å²) in [5.41, 5.74) is 1.98. The maximum Gasteiger partial charge on any atom is 0.407 e. The largest absolute Gasteiger partial charge is 0.446 e. The molecule has 2 aliphatic rings. The normalized spacial score (nSPS) is 23.1. The van der Waals surface area contributed by atoms with Crippen molar-refractivity contribution >= 4 is 17.9 Å². The standard InChI is InChI=1S/C19H26N6O2/c1-12-8-16(25(3)24-12)22-17-20-10-14(11-21-17)13-4-5-15(9-13)27-18(26)23-19(2)6-7-19/h8,10-11,13,15H,4-7,9H2,1-3H3,(H,23,26)(H,20,21,22)/t13-,15+/m1/s1. The van der Waals surface area contributed by atoms with Crippen LogP contribution in [0.5, 0.6) is 0 Å². The molecule has 2 atom stereocenters. The highest BCUT2D eigenvalue weighted by molar-refractivity contribution is 5.69. The predicted octanol–water partition coefficient (Wildman–Crippen LogP) is 3.18. The van der Waals surface area contributed by atoms with E-state index in [0.29, 0.717) is 11.9 Å². The molecule has 2 aromatic heterocycles. The van der Waals surface area contributed by atoms with Crippen LogP contribution < -0.4 is 10.6 Å². The Balaban J connectivity index is 1.31. The van der Waals surface area contributed by atoms with Gasteiger partial charge in [-0.25, -0.2) is 14.8 Å². The van der Waals surface area contributed by atoms with Gasteiger partial charge in [0.05, 0.1) is 5.69 Å². The first kappa shape index (κ1) is 17.8. The fourth-order valence-corrected chi connectivity index (χ4v) is 3.55. The number of nitrogens with zero attached hydrogens (tertiary/aromatic N) is 4. The molecule has 2 heterocycles. The van der Waals surface area contributed by atoms with Crippen LogP contribution in [0.3, 0.4) is 0 Å². The highest BCUT2D eigenvalue weighted by Crippen LogP contribution is 2.37. The van der Waals surface area contributed by atoms with Crippen molar-refractivity contribution in [1.29, 1.82) is 0 Å². The molecular formula is C19H26N6O2. The van der Waals surface area contributed by atoms with E-state index in [1.54, 1.807) is 4.68 Å². The number of hydrogen-bond donors (Lipinski definition) is 2. The van der Waals surface area contributed by atoms with E-state index in [1.165, 1.54) is 0 Å². The fourth-order valence-electron chi connectivity index (χ4n) is 3.55. The molecule has 0 spiro atoms. The molecule has 27 heavy (non-hydrogen) atoms. The molecule has 2 fully saturated rings. The first-order chi connectivity index (χ1) is 12.9. The maximum absolute atomic E-state index is 12.0. The molecule has 4 rings (SSSR count). The Labute approximate surface area is 158 Å². The Bertz CT molecular complexity index is 827. The van der Waals surface area contributed by atoms with Gasteiger partial charge >= 0.3 is 6.09 Å². The maximum atomic E-state index is 12.0. The molecule has 1 amide bonds. The molecule has 2 aromatic rings. The highest BCUT2D eigenvalue weighted by atomic mass is 16.6. The topological polar surface area (TPSA) is 94.0 Å². The fraction of sp³-hybridized carbons (Fsp3) is 0.579. The second kappa shape index (κ2) is 6.83. The number of carbonyl (C=O) groups is 1. The smallest absolute Gasteiger partial charge is 0.407 e. The molecule has 2 N–H and O–H groups in total. The van der Waals surface area contributed by atoms with E-state index >= 15 is 0 Å². The molecule has 2 aliphatic carbocycles. The molecular weight excluding hydrogens is 344 g/mol. The van der Waals surface area contributed by atoms with Crippen LogP contribution in [0.2, 0.25) is 0 Å². The van der Waals surface area contributed by atoms with Crippen molar-refractivity contribution in [3.8, 4) is 0 Å². The van der Waals surface area contributed by atoms with E-state index in [9.17, 15) is 4.79 Å². The Kier molecular flexibility index (Phi) is 4.49. The lowest BCUT2D eigenvalue weighted by atomic mass is 10.0. The van der Waals surface area contributed by atoms with Gasteiger partial charge in [0.15, 0.2) is 0 Å². The SMILES string of the molecule is Cc1cc(Nc2ncc([C@@H]3CC[C@H](OC(=O)NC4(C)CC4)C3)cn2)n(C)n1. The summed E-state index contributed by atoms with van der Waals surface area (Å²) < 4.78 is 7.35. The minimum Gasteiger partial charge on any atom is -0.446 e. The number of hydrogen-bond acceptors (Lipinski definition) is 6. The van der Waals surface area contributed by atoms with Crippen molar-refractivity contribution < 1.29 is 9.53 Å². The second-order valence-electron chi connectivity index (χ2n) is 7.98. The van der Waals surface area contributed by atoms with Gasteiger partial charge < -0.3 is 15.4 Å². The van der Waals surface area contributed by atoms with Crippen LogP contribution in [0, 0.1) is 6.92 Å². The Hall–Kier alpha value is -2.64. The van der Waals surface area contributed by atoms with Crippen molar-refractivity contribution in [2.24, 2.45) is 7.05 Å². The quantitative estimate of drug-likeness (QED) is 0.839. The van der Waals surface area contributed by atoms with Crippen LogP contribution in [0.25, 0.3) is 0 Å². The molecule has 8 nitrogen and oxygen atoms in total. The average molecular weight is 370 g/mol. The number of alkyl carbamates (subject to hydrolysis) is 1. The van der Waals surface area contributed by atoms with Gasteiger partial charge in [-0.05, 0) is 57.4 Å².